The van der Waals surface area contributed by atoms with Gasteiger partial charge < -0.3 is 16.0 Å². The van der Waals surface area contributed by atoms with E-state index in [2.05, 4.69) is 17.1 Å². The zero-order valence-electron chi connectivity index (χ0n) is 11.0. The first-order chi connectivity index (χ1) is 8.03. The van der Waals surface area contributed by atoms with E-state index in [0.29, 0.717) is 12.0 Å². The van der Waals surface area contributed by atoms with Gasteiger partial charge in [0.25, 0.3) is 0 Å². The Hall–Kier alpha value is -0.610. The summed E-state index contributed by atoms with van der Waals surface area (Å²) in [5, 5.41) is 3.17. The van der Waals surface area contributed by atoms with Crippen molar-refractivity contribution in [1.29, 1.82) is 0 Å². The van der Waals surface area contributed by atoms with Gasteiger partial charge in [-0.05, 0) is 45.2 Å². The number of hydrogen-bond donors (Lipinski definition) is 2. The summed E-state index contributed by atoms with van der Waals surface area (Å²) >= 11 is 0. The summed E-state index contributed by atoms with van der Waals surface area (Å²) < 4.78 is 0. The first-order valence-corrected chi connectivity index (χ1v) is 6.85. The fourth-order valence-corrected chi connectivity index (χ4v) is 3.09. The van der Waals surface area contributed by atoms with Gasteiger partial charge in [-0.25, -0.2) is 0 Å². The quantitative estimate of drug-likeness (QED) is 0.760. The highest BCUT2D eigenvalue weighted by Gasteiger charge is 2.37. The Morgan fingerprint density at radius 3 is 2.59 bits per heavy atom. The van der Waals surface area contributed by atoms with E-state index in [4.69, 9.17) is 5.73 Å². The van der Waals surface area contributed by atoms with Crippen molar-refractivity contribution in [3.8, 4) is 0 Å². The number of nitrogens with zero attached hydrogens (tertiary/aromatic N) is 1. The van der Waals surface area contributed by atoms with Crippen LogP contribution in [0.25, 0.3) is 0 Å². The highest BCUT2D eigenvalue weighted by Crippen LogP contribution is 2.27. The molecular weight excluding hydrogens is 214 g/mol. The molecule has 0 aromatic heterocycles. The molecule has 17 heavy (non-hydrogen) atoms. The molecule has 4 heteroatoms. The van der Waals surface area contributed by atoms with Gasteiger partial charge in [-0.2, -0.15) is 0 Å². The van der Waals surface area contributed by atoms with Crippen LogP contribution in [0, 0.1) is 5.92 Å². The van der Waals surface area contributed by atoms with E-state index in [9.17, 15) is 4.79 Å². The third kappa shape index (κ3) is 2.80. The fourth-order valence-electron chi connectivity index (χ4n) is 3.09. The van der Waals surface area contributed by atoms with Crippen LogP contribution in [-0.4, -0.2) is 42.0 Å². The lowest BCUT2D eigenvalue weighted by Gasteiger charge is -2.45. The van der Waals surface area contributed by atoms with Gasteiger partial charge in [0.05, 0.1) is 5.54 Å². The van der Waals surface area contributed by atoms with Gasteiger partial charge in [0.15, 0.2) is 0 Å². The lowest BCUT2D eigenvalue weighted by atomic mass is 9.83. The highest BCUT2D eigenvalue weighted by molar-refractivity contribution is 5.85. The van der Waals surface area contributed by atoms with Crippen LogP contribution in [0.3, 0.4) is 0 Å². The highest BCUT2D eigenvalue weighted by atomic mass is 16.2. The van der Waals surface area contributed by atoms with Gasteiger partial charge >= 0.3 is 0 Å². The van der Waals surface area contributed by atoms with Crippen molar-refractivity contribution in [2.24, 2.45) is 11.7 Å². The zero-order chi connectivity index (χ0) is 12.5. The number of piperidine rings is 3. The van der Waals surface area contributed by atoms with Gasteiger partial charge in [-0.15, -0.1) is 0 Å². The molecule has 3 aliphatic rings. The second kappa shape index (κ2) is 4.94. The third-order valence-corrected chi connectivity index (χ3v) is 4.26. The predicted octanol–water partition coefficient (Wildman–Crippen LogP) is 0.714. The molecule has 1 amide bonds. The molecule has 3 aliphatic heterocycles. The Morgan fingerprint density at radius 2 is 2.12 bits per heavy atom. The number of fused-ring (bicyclic) bond motifs is 3. The van der Waals surface area contributed by atoms with E-state index in [1.807, 2.05) is 6.92 Å². The van der Waals surface area contributed by atoms with Gasteiger partial charge in [0, 0.05) is 12.6 Å². The van der Waals surface area contributed by atoms with Gasteiger partial charge in [-0.3, -0.25) is 4.79 Å². The number of carbonyl (C=O) groups is 1. The second-order valence-electron chi connectivity index (χ2n) is 5.89. The molecule has 3 rings (SSSR count). The van der Waals surface area contributed by atoms with E-state index in [0.717, 1.165) is 19.4 Å². The standard InChI is InChI=1S/C13H25N3O/c1-3-6-13(2,14)12(17)15-11-9-16-7-4-10(11)5-8-16/h10-11H,3-9,14H2,1-2H3,(H,15,17). The predicted molar refractivity (Wildman–Crippen MR) is 68.6 cm³/mol. The monoisotopic (exact) mass is 239 g/mol. The molecule has 2 unspecified atom stereocenters. The molecule has 3 heterocycles. The lowest BCUT2D eigenvalue weighted by molar-refractivity contribution is -0.128. The molecular formula is C13H25N3O. The first kappa shape index (κ1) is 12.8. The minimum absolute atomic E-state index is 0.0260. The maximum Gasteiger partial charge on any atom is 0.240 e. The number of carbonyl (C=O) groups excluding carboxylic acids is 1. The molecule has 0 aliphatic carbocycles. The van der Waals surface area contributed by atoms with Gasteiger partial charge in [0.1, 0.15) is 0 Å². The summed E-state index contributed by atoms with van der Waals surface area (Å²) in [6, 6.07) is 0.324. The molecule has 0 aromatic rings. The molecule has 2 atom stereocenters. The summed E-state index contributed by atoms with van der Waals surface area (Å²) in [7, 11) is 0. The van der Waals surface area contributed by atoms with Crippen molar-refractivity contribution in [3.63, 3.8) is 0 Å². The molecule has 3 saturated heterocycles. The van der Waals surface area contributed by atoms with Crippen LogP contribution in [0.5, 0.6) is 0 Å². The van der Waals surface area contributed by atoms with Crippen LogP contribution < -0.4 is 11.1 Å². The van der Waals surface area contributed by atoms with Crippen molar-refractivity contribution < 1.29 is 4.79 Å². The van der Waals surface area contributed by atoms with E-state index in [-0.39, 0.29) is 5.91 Å². The Morgan fingerprint density at radius 1 is 1.47 bits per heavy atom. The number of nitrogens with two attached hydrogens (primary N) is 1. The zero-order valence-corrected chi connectivity index (χ0v) is 11.0. The molecule has 0 aromatic carbocycles. The number of hydrogen-bond acceptors (Lipinski definition) is 3. The Labute approximate surface area is 104 Å². The topological polar surface area (TPSA) is 58.4 Å². The number of nitrogens with one attached hydrogen (secondary N) is 1. The summed E-state index contributed by atoms with van der Waals surface area (Å²) in [6.07, 6.45) is 4.14. The summed E-state index contributed by atoms with van der Waals surface area (Å²) in [6.45, 7) is 7.32. The van der Waals surface area contributed by atoms with Crippen LogP contribution in [0.1, 0.15) is 39.5 Å². The molecule has 0 saturated carbocycles. The molecule has 98 valence electrons. The third-order valence-electron chi connectivity index (χ3n) is 4.26. The van der Waals surface area contributed by atoms with Gasteiger partial charge in [0.2, 0.25) is 5.91 Å². The maximum absolute atomic E-state index is 12.1. The lowest BCUT2D eigenvalue weighted by Crippen LogP contribution is -2.61. The van der Waals surface area contributed by atoms with E-state index in [1.54, 1.807) is 0 Å². The summed E-state index contributed by atoms with van der Waals surface area (Å²) in [5.74, 6) is 0.694. The first-order valence-electron chi connectivity index (χ1n) is 6.85. The van der Waals surface area contributed by atoms with Crippen molar-refractivity contribution in [2.45, 2.75) is 51.1 Å². The van der Waals surface area contributed by atoms with Crippen LogP contribution in [0.4, 0.5) is 0 Å². The number of amides is 1. The van der Waals surface area contributed by atoms with Crippen LogP contribution >= 0.6 is 0 Å². The average molecular weight is 239 g/mol. The Bertz CT molecular complexity index is 282. The Kier molecular flexibility index (Phi) is 3.73. The smallest absolute Gasteiger partial charge is 0.240 e. The SMILES string of the molecule is CCCC(C)(N)C(=O)NC1CN2CCC1CC2. The van der Waals surface area contributed by atoms with Crippen molar-refractivity contribution in [1.82, 2.24) is 10.2 Å². The van der Waals surface area contributed by atoms with Crippen molar-refractivity contribution in [2.75, 3.05) is 19.6 Å². The fraction of sp³-hybridized carbons (Fsp3) is 0.923. The molecule has 0 radical (unpaired) electrons. The van der Waals surface area contributed by atoms with Crippen LogP contribution in [0.15, 0.2) is 0 Å². The minimum atomic E-state index is -0.708. The maximum atomic E-state index is 12.1. The molecule has 4 nitrogen and oxygen atoms in total. The van der Waals surface area contributed by atoms with Crippen LogP contribution in [-0.2, 0) is 4.79 Å². The van der Waals surface area contributed by atoms with Crippen LogP contribution in [0.2, 0.25) is 0 Å². The molecule has 0 spiro atoms. The van der Waals surface area contributed by atoms with Crippen molar-refractivity contribution >= 4 is 5.91 Å². The largest absolute Gasteiger partial charge is 0.350 e. The van der Waals surface area contributed by atoms with E-state index >= 15 is 0 Å². The summed E-state index contributed by atoms with van der Waals surface area (Å²) in [4.78, 5) is 14.6. The number of rotatable bonds is 4. The molecule has 2 bridgehead atoms. The molecule has 3 N–H and O–H groups in total. The van der Waals surface area contributed by atoms with Crippen molar-refractivity contribution in [3.05, 3.63) is 0 Å². The Balaban J connectivity index is 1.90. The second-order valence-corrected chi connectivity index (χ2v) is 5.89. The normalized spacial score (nSPS) is 35.4. The summed E-state index contributed by atoms with van der Waals surface area (Å²) in [5.41, 5.74) is 5.35. The van der Waals surface area contributed by atoms with E-state index in [1.165, 1.54) is 25.9 Å². The van der Waals surface area contributed by atoms with Gasteiger partial charge in [-0.1, -0.05) is 13.3 Å². The average Bonchev–Trinajstić information content (AvgIpc) is 2.30. The molecule has 3 fully saturated rings. The van der Waals surface area contributed by atoms with E-state index < -0.39 is 5.54 Å². The minimum Gasteiger partial charge on any atom is -0.350 e.